The molecule has 17 rings (SSSR count). The number of nitrogens with zero attached hydrogens (tertiary/aromatic N) is 4. The van der Waals surface area contributed by atoms with Crippen molar-refractivity contribution in [2.45, 2.75) is 167 Å². The Morgan fingerprint density at radius 1 is 0.336 bits per heavy atom. The fourth-order valence-electron chi connectivity index (χ4n) is 18.1. The second kappa shape index (κ2) is 30.7. The molecule has 110 heavy (non-hydrogen) atoms. The Labute approximate surface area is 668 Å². The van der Waals surface area contributed by atoms with Gasteiger partial charge in [0.25, 0.3) is 0 Å². The zero-order valence-electron chi connectivity index (χ0n) is 62.5. The number of carbonyl (C=O) groups excluding carboxylic acids is 2. The Morgan fingerprint density at radius 3 is 0.945 bits per heavy atom. The molecule has 0 bridgehead atoms. The highest BCUT2D eigenvalue weighted by atomic mass is 32.1. The van der Waals surface area contributed by atoms with E-state index in [0.717, 1.165) is 70.5 Å². The molecule has 4 aliphatic carbocycles. The van der Waals surface area contributed by atoms with Gasteiger partial charge in [0.1, 0.15) is 35.4 Å². The number of unbranched alkanes of at least 4 members (excludes halogenated alkanes) is 12. The third kappa shape index (κ3) is 12.1. The Hall–Kier alpha value is -9.96. The number of Topliss-reactive ketones (excluding diaryl/α,β-unsaturated/α-hetero) is 2. The third-order valence-corrected chi connectivity index (χ3v) is 31.2. The number of fused-ring (bicyclic) bond motifs is 16. The standard InChI is InChI=1S/C98H82N4O2S6/c1-5-9-13-17-25-59-33-41-65(42-34-59)97(66-43-35-60(36-44-66)26-18-14-10-6-2)79-53-76-80(54-75(79)89-85(97)93-95(109-89)91-81(107-93)51-69(105-91)49-77-83(63(55-99)56-100)71-29-21-23-31-73(71)87(77)103)98(67-45-37-61(38-46-67)27-19-15-11-7-3,68-47-39-62(40-48-68)28-20-16-12-8-4)86-90(76)110-96-92-82(108-94(86)96)52-70(106-92)50-78-84(64(57-101)58-102)72-30-22-24-32-74(72)88(78)104/h21-24,29-54H,5-20,25-28H2,1-4H3/b77-49-,78-50-. The number of rotatable bonds is 26. The Balaban J connectivity index is 0.934. The minimum absolute atomic E-state index is 0.0694. The van der Waals surface area contributed by atoms with E-state index in [1.54, 1.807) is 34.8 Å². The SMILES string of the molecule is CCCCCCc1ccc(C2(c3ccc(CCCCCC)cc3)c3cc4c(cc3-c3sc5c(sc6cc(/C=C7\C(=O)c8ccccc8C7=C(C#N)C#N)sc65)c32)C(c2ccc(CCCCCC)cc2)(c2ccc(CCCCCC)cc2)c2c-4sc3c2sc2cc(/C=C4\C(=O)c5ccccc5C4=C(C#N)C#N)sc23)cc1. The Kier molecular flexibility index (Phi) is 20.4. The van der Waals surface area contributed by atoms with Gasteiger partial charge in [-0.2, -0.15) is 21.0 Å². The summed E-state index contributed by atoms with van der Waals surface area (Å²) in [5.74, 6) is -0.363. The molecule has 4 aliphatic rings. The first kappa shape index (κ1) is 72.9. The van der Waals surface area contributed by atoms with Crippen LogP contribution in [0.2, 0.25) is 0 Å². The van der Waals surface area contributed by atoms with Crippen LogP contribution < -0.4 is 0 Å². The molecule has 0 radical (unpaired) electrons. The highest BCUT2D eigenvalue weighted by Gasteiger charge is 2.55. The molecule has 0 N–H and O–H groups in total. The van der Waals surface area contributed by atoms with Crippen molar-refractivity contribution in [3.05, 3.63) is 291 Å². The highest BCUT2D eigenvalue weighted by molar-refractivity contribution is 7.40. The molecule has 6 heterocycles. The second-order valence-corrected chi connectivity index (χ2v) is 36.4. The zero-order valence-corrected chi connectivity index (χ0v) is 67.4. The molecule has 7 aromatic carbocycles. The molecule has 0 aliphatic heterocycles. The Morgan fingerprint density at radius 2 is 0.645 bits per heavy atom. The van der Waals surface area contributed by atoms with Gasteiger partial charge in [-0.1, -0.05) is 250 Å². The average Bonchev–Trinajstić information content (AvgIpc) is 1.49. The van der Waals surface area contributed by atoms with Crippen molar-refractivity contribution in [3.8, 4) is 45.2 Å². The lowest BCUT2D eigenvalue weighted by Gasteiger charge is -2.36. The first-order valence-electron chi connectivity index (χ1n) is 39.4. The number of thiophene rings is 6. The molecule has 6 nitrogen and oxygen atoms in total. The number of benzene rings is 7. The van der Waals surface area contributed by atoms with Crippen LogP contribution in [0.1, 0.15) is 239 Å². The van der Waals surface area contributed by atoms with Crippen molar-refractivity contribution in [2.75, 3.05) is 0 Å². The largest absolute Gasteiger partial charge is 0.289 e. The summed E-state index contributed by atoms with van der Waals surface area (Å²) in [6.07, 6.45) is 26.9. The van der Waals surface area contributed by atoms with Crippen LogP contribution in [-0.2, 0) is 36.5 Å². The predicted octanol–water partition coefficient (Wildman–Crippen LogP) is 28.0. The van der Waals surface area contributed by atoms with E-state index in [4.69, 9.17) is 0 Å². The molecule has 542 valence electrons. The maximum absolute atomic E-state index is 14.5. The van der Waals surface area contributed by atoms with Gasteiger partial charge in [-0.3, -0.25) is 9.59 Å². The molecular weight excluding hydrogens is 1460 g/mol. The van der Waals surface area contributed by atoms with Gasteiger partial charge in [0.2, 0.25) is 0 Å². The van der Waals surface area contributed by atoms with Crippen LogP contribution in [0.4, 0.5) is 0 Å². The number of nitriles is 4. The minimum Gasteiger partial charge on any atom is -0.289 e. The van der Waals surface area contributed by atoms with Gasteiger partial charge >= 0.3 is 0 Å². The molecule has 12 heteroatoms. The molecular formula is C98H82N4O2S6. The van der Waals surface area contributed by atoms with E-state index in [9.17, 15) is 30.6 Å². The number of carbonyl (C=O) groups is 2. The molecule has 6 aromatic heterocycles. The quantitative estimate of drug-likeness (QED) is 0.0302. The number of hydrogen-bond acceptors (Lipinski definition) is 12. The van der Waals surface area contributed by atoms with Crippen molar-refractivity contribution in [2.24, 2.45) is 0 Å². The van der Waals surface area contributed by atoms with Gasteiger partial charge in [-0.05, 0) is 166 Å². The maximum atomic E-state index is 14.5. The topological polar surface area (TPSA) is 129 Å². The molecule has 0 saturated carbocycles. The summed E-state index contributed by atoms with van der Waals surface area (Å²) >= 11 is 10.9. The summed E-state index contributed by atoms with van der Waals surface area (Å²) in [5, 5.41) is 41.4. The summed E-state index contributed by atoms with van der Waals surface area (Å²) < 4.78 is 9.56. The molecule has 0 unspecified atom stereocenters. The van der Waals surface area contributed by atoms with Crippen molar-refractivity contribution in [1.82, 2.24) is 0 Å². The minimum atomic E-state index is -0.784. The summed E-state index contributed by atoms with van der Waals surface area (Å²) in [7, 11) is 0. The van der Waals surface area contributed by atoms with Crippen LogP contribution >= 0.6 is 68.0 Å². The molecule has 0 saturated heterocycles. The normalized spacial score (nSPS) is 14.9. The van der Waals surface area contributed by atoms with E-state index >= 15 is 0 Å². The Bertz CT molecular complexity index is 5650. The van der Waals surface area contributed by atoms with E-state index in [1.807, 2.05) is 93.9 Å². The van der Waals surface area contributed by atoms with E-state index in [2.05, 4.69) is 173 Å². The summed E-state index contributed by atoms with van der Waals surface area (Å²) in [6, 6.07) is 72.0. The molecule has 0 amide bonds. The number of ketones is 2. The highest BCUT2D eigenvalue weighted by Crippen LogP contribution is 2.69. The first-order chi connectivity index (χ1) is 54.0. The van der Waals surface area contributed by atoms with Gasteiger partial charge in [-0.25, -0.2) is 0 Å². The molecule has 0 spiro atoms. The van der Waals surface area contributed by atoms with Crippen molar-refractivity contribution in [1.29, 1.82) is 21.0 Å². The lowest BCUT2D eigenvalue weighted by Crippen LogP contribution is -2.30. The number of allylic oxidation sites excluding steroid dienone is 6. The lowest BCUT2D eigenvalue weighted by molar-refractivity contribution is 0.103. The average molecular weight is 1540 g/mol. The van der Waals surface area contributed by atoms with E-state index in [1.165, 1.54) is 193 Å². The van der Waals surface area contributed by atoms with Gasteiger partial charge in [-0.15, -0.1) is 68.0 Å². The summed E-state index contributed by atoms with van der Waals surface area (Å²) in [6.45, 7) is 9.12. The van der Waals surface area contributed by atoms with Crippen molar-refractivity contribution < 1.29 is 9.59 Å². The van der Waals surface area contributed by atoms with E-state index in [-0.39, 0.29) is 22.7 Å². The van der Waals surface area contributed by atoms with Crippen LogP contribution in [0, 0.1) is 45.3 Å². The van der Waals surface area contributed by atoms with Gasteiger partial charge < -0.3 is 0 Å². The van der Waals surface area contributed by atoms with E-state index in [0.29, 0.717) is 44.5 Å². The third-order valence-electron chi connectivity index (χ3n) is 23.5. The lowest BCUT2D eigenvalue weighted by atomic mass is 9.65. The second-order valence-electron chi connectivity index (χ2n) is 30.1. The van der Waals surface area contributed by atoms with Crippen molar-refractivity contribution >= 4 is 140 Å². The van der Waals surface area contributed by atoms with Crippen molar-refractivity contribution in [3.63, 3.8) is 0 Å². The predicted molar refractivity (Wildman–Crippen MR) is 464 cm³/mol. The zero-order chi connectivity index (χ0) is 75.4. The monoisotopic (exact) mass is 1540 g/mol. The first-order valence-corrected chi connectivity index (χ1v) is 44.3. The molecule has 13 aromatic rings. The fraction of sp³-hybridized carbons (Fsp3) is 0.265. The maximum Gasteiger partial charge on any atom is 0.194 e. The van der Waals surface area contributed by atoms with Gasteiger partial charge in [0, 0.05) is 73.5 Å². The number of aryl methyl sites for hydroxylation is 4. The van der Waals surface area contributed by atoms with Crippen LogP contribution in [-0.4, -0.2) is 11.6 Å². The van der Waals surface area contributed by atoms with Gasteiger partial charge in [0.15, 0.2) is 11.6 Å². The van der Waals surface area contributed by atoms with Crippen LogP contribution in [0.25, 0.3) is 81.8 Å². The summed E-state index contributed by atoms with van der Waals surface area (Å²) in [5.41, 5.74) is 20.1. The van der Waals surface area contributed by atoms with E-state index < -0.39 is 10.8 Å². The fourth-order valence-corrected chi connectivity index (χ4v) is 26.8. The van der Waals surface area contributed by atoms with Crippen LogP contribution in [0.5, 0.6) is 0 Å². The molecule has 0 fully saturated rings. The van der Waals surface area contributed by atoms with Crippen LogP contribution in [0.3, 0.4) is 0 Å². The van der Waals surface area contributed by atoms with Crippen LogP contribution in [0.15, 0.2) is 192 Å². The summed E-state index contributed by atoms with van der Waals surface area (Å²) in [4.78, 5) is 33.3. The molecule has 0 atom stereocenters. The van der Waals surface area contributed by atoms with Gasteiger partial charge in [0.05, 0.1) is 39.0 Å². The smallest absolute Gasteiger partial charge is 0.194 e. The number of hydrogen-bond donors (Lipinski definition) is 0.